The van der Waals surface area contributed by atoms with Crippen LogP contribution in [-0.4, -0.2) is 11.5 Å². The molecule has 70 valence electrons. The lowest BCUT2D eigenvalue weighted by atomic mass is 9.72. The van der Waals surface area contributed by atoms with E-state index in [0.29, 0.717) is 0 Å². The van der Waals surface area contributed by atoms with Gasteiger partial charge in [0, 0.05) is 24.7 Å². The quantitative estimate of drug-likeness (QED) is 0.335. The Morgan fingerprint density at radius 3 is 2.25 bits per heavy atom. The summed E-state index contributed by atoms with van der Waals surface area (Å²) in [5.74, 6) is 2.24. The Kier molecular flexibility index (Phi) is 1.97. The molecule has 0 heterocycles. The van der Waals surface area contributed by atoms with Crippen LogP contribution in [0, 0.1) is 0 Å². The molecule has 0 unspecified atom stereocenters. The molecule has 7 N–H and O–H groups in total. The van der Waals surface area contributed by atoms with Crippen molar-refractivity contribution in [2.75, 3.05) is 0 Å². The van der Waals surface area contributed by atoms with Crippen molar-refractivity contribution in [2.45, 2.75) is 24.3 Å². The van der Waals surface area contributed by atoms with Crippen molar-refractivity contribution in [1.82, 2.24) is 5.43 Å². The van der Waals surface area contributed by atoms with Crippen molar-refractivity contribution in [3.05, 3.63) is 11.9 Å². The van der Waals surface area contributed by atoms with Crippen LogP contribution >= 0.6 is 0 Å². The highest BCUT2D eigenvalue weighted by molar-refractivity contribution is 5.23. The zero-order chi connectivity index (χ0) is 9.41. The number of hydrogen-bond acceptors (Lipinski definition) is 4. The number of alkyl halides is 2. The average molecular weight is 178 g/mol. The van der Waals surface area contributed by atoms with Gasteiger partial charge in [0.05, 0.1) is 5.54 Å². The van der Waals surface area contributed by atoms with E-state index in [1.165, 1.54) is 6.20 Å². The van der Waals surface area contributed by atoms with E-state index in [2.05, 4.69) is 5.43 Å². The fourth-order valence-corrected chi connectivity index (χ4v) is 1.31. The first-order valence-electron chi connectivity index (χ1n) is 3.49. The second-order valence-electron chi connectivity index (χ2n) is 3.13. The molecule has 0 aromatic carbocycles. The van der Waals surface area contributed by atoms with E-state index in [1.54, 1.807) is 0 Å². The smallest absolute Gasteiger partial charge is 0.252 e. The molecule has 1 aliphatic rings. The van der Waals surface area contributed by atoms with Crippen LogP contribution in [0.5, 0.6) is 0 Å². The van der Waals surface area contributed by atoms with E-state index in [-0.39, 0.29) is 5.70 Å². The maximum atomic E-state index is 12.4. The molecule has 1 fully saturated rings. The summed E-state index contributed by atoms with van der Waals surface area (Å²) in [4.78, 5) is 0. The van der Waals surface area contributed by atoms with Crippen molar-refractivity contribution in [3.63, 3.8) is 0 Å². The van der Waals surface area contributed by atoms with Gasteiger partial charge in [0.15, 0.2) is 0 Å². The third kappa shape index (κ3) is 1.49. The molecule has 0 aromatic rings. The van der Waals surface area contributed by atoms with E-state index in [0.717, 1.165) is 0 Å². The molecular weight excluding hydrogens is 166 g/mol. The van der Waals surface area contributed by atoms with Gasteiger partial charge in [-0.2, -0.15) is 0 Å². The Morgan fingerprint density at radius 2 is 1.92 bits per heavy atom. The van der Waals surface area contributed by atoms with Crippen LogP contribution in [-0.2, 0) is 0 Å². The van der Waals surface area contributed by atoms with Crippen molar-refractivity contribution >= 4 is 0 Å². The maximum absolute atomic E-state index is 12.4. The second-order valence-corrected chi connectivity index (χ2v) is 3.13. The zero-order valence-electron chi connectivity index (χ0n) is 6.48. The molecule has 0 radical (unpaired) electrons. The predicted molar refractivity (Wildman–Crippen MR) is 40.7 cm³/mol. The average Bonchev–Trinajstić information content (AvgIpc) is 1.83. The van der Waals surface area contributed by atoms with Crippen molar-refractivity contribution in [2.24, 2.45) is 17.3 Å². The summed E-state index contributed by atoms with van der Waals surface area (Å²) in [7, 11) is 0. The molecule has 0 amide bonds. The van der Waals surface area contributed by atoms with Gasteiger partial charge in [-0.05, 0) is 0 Å². The minimum absolute atomic E-state index is 0.163. The summed E-state index contributed by atoms with van der Waals surface area (Å²) in [5, 5.41) is 0. The van der Waals surface area contributed by atoms with Crippen LogP contribution in [0.2, 0.25) is 0 Å². The molecule has 0 spiro atoms. The predicted octanol–water partition coefficient (Wildman–Crippen LogP) is -0.624. The Morgan fingerprint density at radius 1 is 1.42 bits per heavy atom. The van der Waals surface area contributed by atoms with Gasteiger partial charge >= 0.3 is 0 Å². The van der Waals surface area contributed by atoms with Gasteiger partial charge in [-0.3, -0.25) is 5.84 Å². The van der Waals surface area contributed by atoms with Crippen LogP contribution in [0.4, 0.5) is 8.78 Å². The first kappa shape index (κ1) is 9.21. The lowest BCUT2D eigenvalue weighted by Gasteiger charge is -2.44. The lowest BCUT2D eigenvalue weighted by molar-refractivity contribution is -0.111. The molecule has 0 bridgehead atoms. The summed E-state index contributed by atoms with van der Waals surface area (Å²) >= 11 is 0. The van der Waals surface area contributed by atoms with Gasteiger partial charge in [0.1, 0.15) is 0 Å². The summed E-state index contributed by atoms with van der Waals surface area (Å²) in [6.45, 7) is 0. The number of halogens is 2. The Labute approximate surface area is 68.7 Å². The molecular formula is C6H12F2N4. The van der Waals surface area contributed by atoms with E-state index in [9.17, 15) is 8.78 Å². The zero-order valence-corrected chi connectivity index (χ0v) is 6.48. The highest BCUT2D eigenvalue weighted by Crippen LogP contribution is 2.46. The number of hydrazine groups is 1. The maximum Gasteiger partial charge on any atom is 0.252 e. The summed E-state index contributed by atoms with van der Waals surface area (Å²) in [6, 6.07) is 0. The summed E-state index contributed by atoms with van der Waals surface area (Å²) in [5.41, 5.74) is 12.2. The molecule has 0 aliphatic heterocycles. The van der Waals surface area contributed by atoms with Crippen molar-refractivity contribution in [1.29, 1.82) is 0 Å². The van der Waals surface area contributed by atoms with Crippen molar-refractivity contribution < 1.29 is 8.78 Å². The SMILES string of the molecule is NN/C=C(\N)C1(N)CC(F)(F)C1. The van der Waals surface area contributed by atoms with Crippen LogP contribution in [0.3, 0.4) is 0 Å². The summed E-state index contributed by atoms with van der Waals surface area (Å²) in [6.07, 6.45) is 0.406. The standard InChI is InChI=1S/C6H12F2N4/c7-6(8)2-5(10,3-6)4(9)1-12-11/h1,12H,2-3,9-11H2/b4-1-. The molecule has 6 heteroatoms. The van der Waals surface area contributed by atoms with Gasteiger partial charge in [0.25, 0.3) is 5.92 Å². The highest BCUT2D eigenvalue weighted by atomic mass is 19.3. The number of nitrogens with two attached hydrogens (primary N) is 3. The van der Waals surface area contributed by atoms with E-state index < -0.39 is 24.3 Å². The number of rotatable bonds is 2. The first-order valence-corrected chi connectivity index (χ1v) is 3.49. The third-order valence-electron chi connectivity index (χ3n) is 1.96. The van der Waals surface area contributed by atoms with Gasteiger partial charge in [-0.15, -0.1) is 0 Å². The van der Waals surface area contributed by atoms with Crippen molar-refractivity contribution in [3.8, 4) is 0 Å². The molecule has 1 aliphatic carbocycles. The third-order valence-corrected chi connectivity index (χ3v) is 1.96. The molecule has 12 heavy (non-hydrogen) atoms. The minimum Gasteiger partial charge on any atom is -0.399 e. The molecule has 0 saturated heterocycles. The van der Waals surface area contributed by atoms with Gasteiger partial charge in [0.2, 0.25) is 0 Å². The fraction of sp³-hybridized carbons (Fsp3) is 0.667. The van der Waals surface area contributed by atoms with E-state index in [1.807, 2.05) is 0 Å². The fourth-order valence-electron chi connectivity index (χ4n) is 1.31. The molecule has 0 aromatic heterocycles. The first-order chi connectivity index (χ1) is 5.40. The molecule has 1 saturated carbocycles. The van der Waals surface area contributed by atoms with E-state index >= 15 is 0 Å². The van der Waals surface area contributed by atoms with Crippen LogP contribution < -0.4 is 22.7 Å². The normalized spacial score (nSPS) is 26.2. The Hall–Kier alpha value is -0.880. The summed E-state index contributed by atoms with van der Waals surface area (Å²) < 4.78 is 24.8. The topological polar surface area (TPSA) is 90.1 Å². The highest BCUT2D eigenvalue weighted by Gasteiger charge is 2.55. The second kappa shape index (κ2) is 2.56. The van der Waals surface area contributed by atoms with Crippen LogP contribution in [0.25, 0.3) is 0 Å². The van der Waals surface area contributed by atoms with Crippen LogP contribution in [0.1, 0.15) is 12.8 Å². The molecule has 0 atom stereocenters. The number of nitrogens with one attached hydrogen (secondary N) is 1. The monoisotopic (exact) mass is 178 g/mol. The lowest BCUT2D eigenvalue weighted by Crippen LogP contribution is -2.61. The Bertz CT molecular complexity index is 206. The van der Waals surface area contributed by atoms with Gasteiger partial charge in [-0.25, -0.2) is 8.78 Å². The van der Waals surface area contributed by atoms with Crippen LogP contribution in [0.15, 0.2) is 11.9 Å². The number of hydrogen-bond donors (Lipinski definition) is 4. The molecule has 1 rings (SSSR count). The largest absolute Gasteiger partial charge is 0.399 e. The van der Waals surface area contributed by atoms with Gasteiger partial charge < -0.3 is 16.9 Å². The Balaban J connectivity index is 2.60. The van der Waals surface area contributed by atoms with E-state index in [4.69, 9.17) is 17.3 Å². The van der Waals surface area contributed by atoms with Gasteiger partial charge in [-0.1, -0.05) is 0 Å². The molecule has 4 nitrogen and oxygen atoms in total. The minimum atomic E-state index is -2.68.